The first kappa shape index (κ1) is 17.9. The first-order chi connectivity index (χ1) is 8.77. The molecule has 0 fully saturated rings. The van der Waals surface area contributed by atoms with E-state index in [1.807, 2.05) is 24.3 Å². The largest absolute Gasteiger partial charge is 1.00 e. The second-order valence-corrected chi connectivity index (χ2v) is 15.5. The molecule has 1 unspecified atom stereocenters. The first-order valence-electron chi connectivity index (χ1n) is 5.92. The van der Waals surface area contributed by atoms with Crippen molar-refractivity contribution in [3.05, 3.63) is 63.0 Å². The Morgan fingerprint density at radius 3 is 2.55 bits per heavy atom. The molecule has 0 saturated heterocycles. The van der Waals surface area contributed by atoms with E-state index in [0.29, 0.717) is 0 Å². The molecule has 0 bridgehead atoms. The first-order valence-corrected chi connectivity index (χ1v) is 13.0. The summed E-state index contributed by atoms with van der Waals surface area (Å²) >= 11 is -2.64. The molecule has 2 aliphatic carbocycles. The summed E-state index contributed by atoms with van der Waals surface area (Å²) in [5, 5.41) is 0. The van der Waals surface area contributed by atoms with Crippen LogP contribution in [0.5, 0.6) is 0 Å². The molecule has 0 aromatic heterocycles. The Hall–Kier alpha value is -0.197. The van der Waals surface area contributed by atoms with Gasteiger partial charge < -0.3 is 24.8 Å². The van der Waals surface area contributed by atoms with Gasteiger partial charge in [0.1, 0.15) is 0 Å². The zero-order valence-corrected chi connectivity index (χ0v) is 15.4. The number of allylic oxidation sites excluding steroid dienone is 5. The minimum atomic E-state index is -2.64. The Morgan fingerprint density at radius 1 is 1.15 bits per heavy atom. The quantitative estimate of drug-likeness (QED) is 0.563. The molecular formula is C14H12Cl2O2PZr. The molecule has 2 nitrogen and oxygen atoms in total. The van der Waals surface area contributed by atoms with Crippen LogP contribution in [0, 0.1) is 0 Å². The van der Waals surface area contributed by atoms with Crippen LogP contribution in [-0.2, 0) is 30.3 Å². The van der Waals surface area contributed by atoms with Crippen molar-refractivity contribution < 1.29 is 55.1 Å². The summed E-state index contributed by atoms with van der Waals surface area (Å²) < 4.78 is 24.8. The van der Waals surface area contributed by atoms with E-state index < -0.39 is 26.1 Å². The summed E-state index contributed by atoms with van der Waals surface area (Å²) in [6.07, 6.45) is 11.1. The molecule has 1 aromatic carbocycles. The van der Waals surface area contributed by atoms with Gasteiger partial charge >= 0.3 is 114 Å². The van der Waals surface area contributed by atoms with Crippen LogP contribution in [0.25, 0.3) is 6.08 Å². The average Bonchev–Trinajstić information content (AvgIpc) is 3.00. The van der Waals surface area contributed by atoms with Crippen LogP contribution in [0.1, 0.15) is 21.2 Å². The number of fused-ring (bicyclic) bond motifs is 1. The Morgan fingerprint density at radius 2 is 1.90 bits per heavy atom. The van der Waals surface area contributed by atoms with E-state index in [1.54, 1.807) is 0 Å². The van der Waals surface area contributed by atoms with E-state index in [1.165, 1.54) is 14.4 Å². The molecule has 3 rings (SSSR count). The smallest absolute Gasteiger partial charge is 1.00 e. The van der Waals surface area contributed by atoms with Crippen molar-refractivity contribution >= 4 is 11.0 Å². The molecule has 1 atom stereocenters. The van der Waals surface area contributed by atoms with Crippen molar-refractivity contribution in [3.8, 4) is 0 Å². The van der Waals surface area contributed by atoms with Crippen molar-refractivity contribution in [2.24, 2.45) is 0 Å². The number of hydrogen-bond acceptors (Lipinski definition) is 2. The van der Waals surface area contributed by atoms with Crippen LogP contribution in [0.15, 0.2) is 51.9 Å². The van der Waals surface area contributed by atoms with Crippen LogP contribution < -0.4 is 24.8 Å². The maximum atomic E-state index is 11.7. The SMILES string of the molecule is O=[P](=O)[Zr+2]([C]1=CC=CC1)[CH]1C=Cc2ccccc21.[Cl-].[Cl-]. The third-order valence-corrected chi connectivity index (χ3v) is 15.2. The summed E-state index contributed by atoms with van der Waals surface area (Å²) in [4.78, 5) is -2.27. The molecule has 20 heavy (non-hydrogen) atoms. The monoisotopic (exact) mass is 403 g/mol. The minimum Gasteiger partial charge on any atom is -1.00 e. The van der Waals surface area contributed by atoms with Crippen molar-refractivity contribution in [3.63, 3.8) is 0 Å². The van der Waals surface area contributed by atoms with Crippen LogP contribution in [-0.4, -0.2) is 0 Å². The van der Waals surface area contributed by atoms with E-state index in [-0.39, 0.29) is 28.4 Å². The van der Waals surface area contributed by atoms with E-state index >= 15 is 0 Å². The molecule has 0 N–H and O–H groups in total. The number of hydrogen-bond donors (Lipinski definition) is 0. The van der Waals surface area contributed by atoms with Crippen LogP contribution >= 0.6 is 4.97 Å². The van der Waals surface area contributed by atoms with Crippen LogP contribution in [0.3, 0.4) is 0 Å². The van der Waals surface area contributed by atoms with Crippen LogP contribution in [0.2, 0.25) is 0 Å². The van der Waals surface area contributed by atoms with Gasteiger partial charge in [-0.3, -0.25) is 0 Å². The maximum Gasteiger partial charge on any atom is -1.00 e. The van der Waals surface area contributed by atoms with Gasteiger partial charge in [0.05, 0.1) is 0 Å². The van der Waals surface area contributed by atoms with Gasteiger partial charge in [0, 0.05) is 0 Å². The van der Waals surface area contributed by atoms with Crippen molar-refractivity contribution in [1.82, 2.24) is 0 Å². The predicted molar refractivity (Wildman–Crippen MR) is 68.4 cm³/mol. The van der Waals surface area contributed by atoms with Gasteiger partial charge in [-0.2, -0.15) is 0 Å². The fraction of sp³-hybridized carbons (Fsp3) is 0.143. The van der Waals surface area contributed by atoms with E-state index in [4.69, 9.17) is 0 Å². The number of rotatable bonds is 3. The molecule has 0 aliphatic heterocycles. The Labute approximate surface area is 138 Å². The average molecular weight is 405 g/mol. The Kier molecular flexibility index (Phi) is 6.88. The molecule has 2 aliphatic rings. The fourth-order valence-corrected chi connectivity index (χ4v) is 13.2. The van der Waals surface area contributed by atoms with Crippen molar-refractivity contribution in [2.45, 2.75) is 10.0 Å². The van der Waals surface area contributed by atoms with Gasteiger partial charge in [-0.15, -0.1) is 0 Å². The third kappa shape index (κ3) is 3.34. The number of halogens is 2. The molecule has 0 amide bonds. The fourth-order valence-electron chi connectivity index (χ4n) is 2.56. The second-order valence-electron chi connectivity index (χ2n) is 4.43. The summed E-state index contributed by atoms with van der Waals surface area (Å²) in [5.74, 6) is 0. The summed E-state index contributed by atoms with van der Waals surface area (Å²) in [7, 11) is 0. The summed E-state index contributed by atoms with van der Waals surface area (Å²) in [5.41, 5.74) is 2.39. The number of benzene rings is 1. The van der Waals surface area contributed by atoms with Gasteiger partial charge in [-0.25, -0.2) is 0 Å². The third-order valence-electron chi connectivity index (χ3n) is 3.39. The minimum absolute atomic E-state index is 0. The van der Waals surface area contributed by atoms with E-state index in [2.05, 4.69) is 30.4 Å². The zero-order chi connectivity index (χ0) is 12.5. The molecule has 103 valence electrons. The van der Waals surface area contributed by atoms with E-state index in [9.17, 15) is 9.13 Å². The van der Waals surface area contributed by atoms with E-state index in [0.717, 1.165) is 6.42 Å². The standard InChI is InChI=1S/C9H7.C5H5.2ClH.O2P.Zr/c1-2-5-9-7-3-6-8(9)4-1;1-2-4-5-3-1;;;1-3-2;/h1-7H;1-3H,4H2;2*1H;;/q;;;;;+2/p-2. The van der Waals surface area contributed by atoms with Crippen molar-refractivity contribution in [2.75, 3.05) is 0 Å². The normalized spacial score (nSPS) is 17.8. The molecule has 0 radical (unpaired) electrons. The van der Waals surface area contributed by atoms with Gasteiger partial charge in [0.2, 0.25) is 0 Å². The van der Waals surface area contributed by atoms with Gasteiger partial charge in [-0.1, -0.05) is 0 Å². The van der Waals surface area contributed by atoms with Crippen molar-refractivity contribution in [1.29, 1.82) is 0 Å². The topological polar surface area (TPSA) is 34.1 Å². The maximum absolute atomic E-state index is 11.7. The Bertz CT molecular complexity index is 642. The zero-order valence-electron chi connectivity index (χ0n) is 10.5. The second kappa shape index (κ2) is 7.71. The van der Waals surface area contributed by atoms with Gasteiger partial charge in [0.25, 0.3) is 0 Å². The Balaban J connectivity index is 0.000001000. The van der Waals surface area contributed by atoms with Gasteiger partial charge in [0.15, 0.2) is 0 Å². The van der Waals surface area contributed by atoms with Crippen LogP contribution in [0.4, 0.5) is 0 Å². The molecule has 0 saturated carbocycles. The molecule has 0 spiro atoms. The molecule has 0 heterocycles. The molecular weight excluding hydrogens is 393 g/mol. The molecule has 1 aromatic rings. The predicted octanol–water partition coefficient (Wildman–Crippen LogP) is -1.69. The van der Waals surface area contributed by atoms with Gasteiger partial charge in [-0.05, 0) is 0 Å². The summed E-state index contributed by atoms with van der Waals surface area (Å²) in [6, 6.07) is 8.13. The molecule has 6 heteroatoms. The summed E-state index contributed by atoms with van der Waals surface area (Å²) in [6.45, 7) is 0.